The Morgan fingerprint density at radius 1 is 1.50 bits per heavy atom. The van der Waals surface area contributed by atoms with E-state index in [0.29, 0.717) is 6.04 Å². The van der Waals surface area contributed by atoms with Crippen molar-refractivity contribution in [2.45, 2.75) is 25.9 Å². The molecule has 1 saturated heterocycles. The van der Waals surface area contributed by atoms with Gasteiger partial charge < -0.3 is 15.8 Å². The van der Waals surface area contributed by atoms with Crippen LogP contribution in [-0.4, -0.2) is 54.1 Å². The summed E-state index contributed by atoms with van der Waals surface area (Å²) in [7, 11) is 4.29. The lowest BCUT2D eigenvalue weighted by Crippen LogP contribution is -2.31. The summed E-state index contributed by atoms with van der Waals surface area (Å²) in [5.74, 6) is 0.161. The number of oxime groups is 1. The molecule has 5 nitrogen and oxygen atoms in total. The Morgan fingerprint density at radius 2 is 2.25 bits per heavy atom. The van der Waals surface area contributed by atoms with E-state index in [1.807, 2.05) is 12.1 Å². The number of aryl methyl sites for hydroxylation is 1. The van der Waals surface area contributed by atoms with Gasteiger partial charge in [-0.15, -0.1) is 0 Å². The van der Waals surface area contributed by atoms with Crippen LogP contribution >= 0.6 is 0 Å². The molecule has 110 valence electrons. The van der Waals surface area contributed by atoms with Crippen LogP contribution in [0.1, 0.15) is 23.1 Å². The highest BCUT2D eigenvalue weighted by molar-refractivity contribution is 5.97. The van der Waals surface area contributed by atoms with Gasteiger partial charge in [0.2, 0.25) is 0 Å². The van der Waals surface area contributed by atoms with E-state index in [1.54, 1.807) is 0 Å². The number of likely N-dealkylation sites (tertiary alicyclic amines) is 1. The summed E-state index contributed by atoms with van der Waals surface area (Å²) in [6.45, 7) is 5.30. The van der Waals surface area contributed by atoms with Crippen molar-refractivity contribution in [3.63, 3.8) is 0 Å². The maximum atomic E-state index is 8.71. The number of hydrogen-bond donors (Lipinski definition) is 2. The summed E-state index contributed by atoms with van der Waals surface area (Å²) in [4.78, 5) is 4.78. The van der Waals surface area contributed by atoms with Crippen molar-refractivity contribution in [3.05, 3.63) is 34.9 Å². The van der Waals surface area contributed by atoms with Gasteiger partial charge in [0, 0.05) is 31.2 Å². The summed E-state index contributed by atoms with van der Waals surface area (Å²) in [5, 5.41) is 11.8. The smallest absolute Gasteiger partial charge is 0.170 e. The maximum Gasteiger partial charge on any atom is 0.170 e. The van der Waals surface area contributed by atoms with Crippen LogP contribution < -0.4 is 5.73 Å². The quantitative estimate of drug-likeness (QED) is 0.376. The first-order chi connectivity index (χ1) is 9.51. The minimum absolute atomic E-state index is 0.161. The van der Waals surface area contributed by atoms with Crippen LogP contribution in [0.5, 0.6) is 0 Å². The van der Waals surface area contributed by atoms with Crippen molar-refractivity contribution in [1.82, 2.24) is 9.80 Å². The molecule has 0 radical (unpaired) electrons. The fraction of sp³-hybridized carbons (Fsp3) is 0.533. The van der Waals surface area contributed by atoms with Crippen molar-refractivity contribution in [1.29, 1.82) is 0 Å². The Bertz CT molecular complexity index is 499. The van der Waals surface area contributed by atoms with Gasteiger partial charge in [-0.05, 0) is 44.6 Å². The molecule has 1 aromatic rings. The van der Waals surface area contributed by atoms with E-state index in [4.69, 9.17) is 10.9 Å². The molecule has 1 aromatic carbocycles. The minimum Gasteiger partial charge on any atom is -0.409 e. The van der Waals surface area contributed by atoms with Gasteiger partial charge in [0.25, 0.3) is 0 Å². The lowest BCUT2D eigenvalue weighted by Gasteiger charge is -2.21. The highest BCUT2D eigenvalue weighted by Crippen LogP contribution is 2.19. The zero-order valence-corrected chi connectivity index (χ0v) is 12.5. The Morgan fingerprint density at radius 3 is 2.80 bits per heavy atom. The Kier molecular flexibility index (Phi) is 4.62. The molecule has 0 saturated carbocycles. The maximum absolute atomic E-state index is 8.71. The fourth-order valence-electron chi connectivity index (χ4n) is 2.71. The van der Waals surface area contributed by atoms with Gasteiger partial charge in [0.15, 0.2) is 5.84 Å². The highest BCUT2D eigenvalue weighted by atomic mass is 16.4. The van der Waals surface area contributed by atoms with Gasteiger partial charge in [0.05, 0.1) is 0 Å². The summed E-state index contributed by atoms with van der Waals surface area (Å²) in [5.41, 5.74) is 8.86. The highest BCUT2D eigenvalue weighted by Gasteiger charge is 2.24. The number of likely N-dealkylation sites (N-methyl/N-ethyl adjacent to an activating group) is 1. The molecule has 0 aromatic heterocycles. The molecule has 5 heteroatoms. The molecule has 0 aliphatic carbocycles. The molecule has 2 rings (SSSR count). The Labute approximate surface area is 120 Å². The summed E-state index contributed by atoms with van der Waals surface area (Å²) >= 11 is 0. The van der Waals surface area contributed by atoms with Gasteiger partial charge in [-0.1, -0.05) is 17.3 Å². The molecule has 1 aliphatic heterocycles. The third kappa shape index (κ3) is 3.29. The average molecular weight is 276 g/mol. The van der Waals surface area contributed by atoms with Gasteiger partial charge in [0.1, 0.15) is 0 Å². The molecule has 1 fully saturated rings. The molecule has 3 N–H and O–H groups in total. The van der Waals surface area contributed by atoms with Crippen LogP contribution in [-0.2, 0) is 6.54 Å². The first-order valence-corrected chi connectivity index (χ1v) is 6.97. The number of nitrogens with two attached hydrogens (primary N) is 1. The Balaban J connectivity index is 2.04. The number of rotatable bonds is 4. The van der Waals surface area contributed by atoms with Gasteiger partial charge >= 0.3 is 0 Å². The summed E-state index contributed by atoms with van der Waals surface area (Å²) in [6, 6.07) is 6.62. The van der Waals surface area contributed by atoms with E-state index in [2.05, 4.69) is 42.0 Å². The van der Waals surface area contributed by atoms with E-state index < -0.39 is 0 Å². The summed E-state index contributed by atoms with van der Waals surface area (Å²) in [6.07, 6.45) is 1.23. The SMILES string of the molecule is Cc1cc(/C(N)=N/O)ccc1CN1CCC(N(C)C)C1. The number of amidine groups is 1. The van der Waals surface area contributed by atoms with Crippen LogP contribution in [0.15, 0.2) is 23.4 Å². The van der Waals surface area contributed by atoms with Crippen LogP contribution in [0, 0.1) is 6.92 Å². The van der Waals surface area contributed by atoms with E-state index in [1.165, 1.54) is 17.5 Å². The third-order valence-corrected chi connectivity index (χ3v) is 4.12. The Hall–Kier alpha value is -1.59. The standard InChI is InChI=1S/C15H24N4O/c1-11-8-12(15(16)17-20)4-5-13(11)9-19-7-6-14(10-19)18(2)3/h4-5,8,14,20H,6-7,9-10H2,1-3H3,(H2,16,17). The lowest BCUT2D eigenvalue weighted by molar-refractivity contribution is 0.264. The normalized spacial score (nSPS) is 20.8. The average Bonchev–Trinajstić information content (AvgIpc) is 2.89. The van der Waals surface area contributed by atoms with Gasteiger partial charge in [-0.25, -0.2) is 0 Å². The summed E-state index contributed by atoms with van der Waals surface area (Å²) < 4.78 is 0. The monoisotopic (exact) mass is 276 g/mol. The second-order valence-corrected chi connectivity index (χ2v) is 5.77. The molecule has 1 atom stereocenters. The van der Waals surface area contributed by atoms with E-state index in [-0.39, 0.29) is 5.84 Å². The molecule has 20 heavy (non-hydrogen) atoms. The third-order valence-electron chi connectivity index (χ3n) is 4.12. The molecule has 1 unspecified atom stereocenters. The second kappa shape index (κ2) is 6.24. The van der Waals surface area contributed by atoms with Crippen molar-refractivity contribution in [3.8, 4) is 0 Å². The van der Waals surface area contributed by atoms with E-state index in [9.17, 15) is 0 Å². The van der Waals surface area contributed by atoms with E-state index in [0.717, 1.165) is 25.2 Å². The molecular weight excluding hydrogens is 252 g/mol. The number of benzene rings is 1. The van der Waals surface area contributed by atoms with Crippen LogP contribution in [0.25, 0.3) is 0 Å². The predicted octanol–water partition coefficient (Wildman–Crippen LogP) is 1.23. The van der Waals surface area contributed by atoms with E-state index >= 15 is 0 Å². The minimum atomic E-state index is 0.161. The van der Waals surface area contributed by atoms with Crippen molar-refractivity contribution < 1.29 is 5.21 Å². The molecule has 0 amide bonds. The van der Waals surface area contributed by atoms with Gasteiger partial charge in [-0.3, -0.25) is 4.90 Å². The second-order valence-electron chi connectivity index (χ2n) is 5.77. The van der Waals surface area contributed by atoms with Crippen molar-refractivity contribution in [2.75, 3.05) is 27.2 Å². The van der Waals surface area contributed by atoms with Crippen molar-refractivity contribution >= 4 is 5.84 Å². The molecular formula is C15H24N4O. The molecule has 1 heterocycles. The van der Waals surface area contributed by atoms with Crippen molar-refractivity contribution in [2.24, 2.45) is 10.9 Å². The lowest BCUT2D eigenvalue weighted by atomic mass is 10.0. The fourth-order valence-corrected chi connectivity index (χ4v) is 2.71. The largest absolute Gasteiger partial charge is 0.409 e. The zero-order valence-electron chi connectivity index (χ0n) is 12.5. The number of hydrogen-bond acceptors (Lipinski definition) is 4. The zero-order chi connectivity index (χ0) is 14.7. The molecule has 0 bridgehead atoms. The van der Waals surface area contributed by atoms with Gasteiger partial charge in [-0.2, -0.15) is 0 Å². The molecule has 0 spiro atoms. The number of nitrogens with zero attached hydrogens (tertiary/aromatic N) is 3. The van der Waals surface area contributed by atoms with Crippen LogP contribution in [0.4, 0.5) is 0 Å². The van der Waals surface area contributed by atoms with Crippen LogP contribution in [0.3, 0.4) is 0 Å². The first kappa shape index (κ1) is 14.8. The topological polar surface area (TPSA) is 65.1 Å². The van der Waals surface area contributed by atoms with Crippen LogP contribution in [0.2, 0.25) is 0 Å². The predicted molar refractivity (Wildman–Crippen MR) is 81.1 cm³/mol. The molecule has 1 aliphatic rings. The first-order valence-electron chi connectivity index (χ1n) is 6.97.